The Morgan fingerprint density at radius 1 is 1.00 bits per heavy atom. The molecule has 2 saturated carbocycles. The van der Waals surface area contributed by atoms with E-state index in [9.17, 15) is 24.3 Å². The Balaban J connectivity index is 2.09. The van der Waals surface area contributed by atoms with E-state index in [0.717, 1.165) is 28.4 Å². The van der Waals surface area contributed by atoms with Gasteiger partial charge in [0.05, 0.1) is 6.10 Å². The number of nitrogens with zero attached hydrogens (tertiary/aromatic N) is 2. The van der Waals surface area contributed by atoms with E-state index in [2.05, 4.69) is 5.32 Å². The summed E-state index contributed by atoms with van der Waals surface area (Å²) in [5.41, 5.74) is -2.05. The fraction of sp³-hybridized carbons (Fsp3) is 0.700. The lowest BCUT2D eigenvalue weighted by molar-refractivity contribution is -0.135. The van der Waals surface area contributed by atoms with Gasteiger partial charge in [0.25, 0.3) is 11.5 Å². The number of methoxy groups -OCH3 is 1. The van der Waals surface area contributed by atoms with E-state index in [1.54, 1.807) is 7.11 Å². The molecule has 1 aromatic heterocycles. The summed E-state index contributed by atoms with van der Waals surface area (Å²) in [6.45, 7) is -0.695. The standard InChI is InChI=1S/C20H29N3O7/c1-30-14-9-7-13(8-10-14)23-19(28)16(17(26)21-11-15(24)25)18(27)22(20(23)29)12-5-3-2-4-6-12/h12-14,28H,2-11H2,1H3,(H,21,26)(H,24,25)/t13-,14-. The summed E-state index contributed by atoms with van der Waals surface area (Å²) in [7, 11) is 1.63. The summed E-state index contributed by atoms with van der Waals surface area (Å²) >= 11 is 0. The van der Waals surface area contributed by atoms with Gasteiger partial charge in [-0.3, -0.25) is 23.5 Å². The summed E-state index contributed by atoms with van der Waals surface area (Å²) < 4.78 is 7.61. The van der Waals surface area contributed by atoms with Crippen molar-refractivity contribution in [2.45, 2.75) is 76.0 Å². The molecule has 0 bridgehead atoms. The van der Waals surface area contributed by atoms with E-state index >= 15 is 0 Å². The molecule has 0 spiro atoms. The highest BCUT2D eigenvalue weighted by atomic mass is 16.5. The van der Waals surface area contributed by atoms with Crippen LogP contribution in [-0.4, -0.2) is 51.0 Å². The fourth-order valence-electron chi connectivity index (χ4n) is 4.60. The molecular weight excluding hydrogens is 394 g/mol. The van der Waals surface area contributed by atoms with Crippen LogP contribution in [0.15, 0.2) is 9.59 Å². The normalized spacial score (nSPS) is 22.6. The minimum atomic E-state index is -1.28. The second-order valence-electron chi connectivity index (χ2n) is 8.06. The lowest BCUT2D eigenvalue weighted by Crippen LogP contribution is -2.48. The molecule has 1 heterocycles. The highest BCUT2D eigenvalue weighted by Crippen LogP contribution is 2.33. The molecule has 10 nitrogen and oxygen atoms in total. The van der Waals surface area contributed by atoms with Gasteiger partial charge in [0.1, 0.15) is 6.54 Å². The molecule has 1 aromatic rings. The number of hydrogen-bond acceptors (Lipinski definition) is 6. The average Bonchev–Trinajstić information content (AvgIpc) is 2.73. The van der Waals surface area contributed by atoms with Gasteiger partial charge >= 0.3 is 11.7 Å². The number of carboxylic acids is 1. The van der Waals surface area contributed by atoms with E-state index in [1.165, 1.54) is 0 Å². The molecule has 2 aliphatic carbocycles. The molecule has 0 aliphatic heterocycles. The van der Waals surface area contributed by atoms with E-state index in [0.29, 0.717) is 38.5 Å². The van der Waals surface area contributed by atoms with Gasteiger partial charge in [-0.05, 0) is 38.5 Å². The highest BCUT2D eigenvalue weighted by molar-refractivity contribution is 5.97. The van der Waals surface area contributed by atoms with Crippen molar-refractivity contribution in [2.75, 3.05) is 13.7 Å². The first-order chi connectivity index (χ1) is 14.3. The SMILES string of the molecule is CO[C@H]1CC[C@H](n2c(O)c(C(=O)NCC(=O)O)c(=O)n(C3CCCCC3)c2=O)CC1. The van der Waals surface area contributed by atoms with Crippen LogP contribution in [0, 0.1) is 0 Å². The van der Waals surface area contributed by atoms with Crippen LogP contribution in [0.4, 0.5) is 0 Å². The van der Waals surface area contributed by atoms with Gasteiger partial charge < -0.3 is 20.3 Å². The Labute approximate surface area is 173 Å². The minimum Gasteiger partial charge on any atom is -0.494 e. The number of rotatable bonds is 6. The zero-order chi connectivity index (χ0) is 21.8. The zero-order valence-corrected chi connectivity index (χ0v) is 17.1. The summed E-state index contributed by atoms with van der Waals surface area (Å²) in [6.07, 6.45) is 6.63. The Kier molecular flexibility index (Phi) is 6.96. The van der Waals surface area contributed by atoms with Crippen molar-refractivity contribution in [3.05, 3.63) is 26.4 Å². The molecule has 2 fully saturated rings. The molecule has 0 aromatic carbocycles. The van der Waals surface area contributed by atoms with Gasteiger partial charge in [0, 0.05) is 19.2 Å². The second kappa shape index (κ2) is 9.46. The molecule has 0 saturated heterocycles. The smallest absolute Gasteiger partial charge is 0.334 e. The second-order valence-corrected chi connectivity index (χ2v) is 8.06. The maximum Gasteiger partial charge on any atom is 0.334 e. The van der Waals surface area contributed by atoms with Crippen LogP contribution in [0.1, 0.15) is 80.2 Å². The predicted molar refractivity (Wildman–Crippen MR) is 107 cm³/mol. The molecule has 1 amide bonds. The first kappa shape index (κ1) is 22.1. The number of hydrogen-bond donors (Lipinski definition) is 3. The number of amides is 1. The molecule has 3 N–H and O–H groups in total. The van der Waals surface area contributed by atoms with Gasteiger partial charge in [-0.15, -0.1) is 0 Å². The molecule has 0 unspecified atom stereocenters. The first-order valence-electron chi connectivity index (χ1n) is 10.5. The van der Waals surface area contributed by atoms with Crippen LogP contribution in [0.2, 0.25) is 0 Å². The third-order valence-corrected chi connectivity index (χ3v) is 6.21. The largest absolute Gasteiger partial charge is 0.494 e. The summed E-state index contributed by atoms with van der Waals surface area (Å²) in [4.78, 5) is 49.8. The van der Waals surface area contributed by atoms with Crippen LogP contribution in [-0.2, 0) is 9.53 Å². The monoisotopic (exact) mass is 423 g/mol. The van der Waals surface area contributed by atoms with Gasteiger partial charge in [-0.2, -0.15) is 0 Å². The van der Waals surface area contributed by atoms with Gasteiger partial charge in [-0.25, -0.2) is 4.79 Å². The summed E-state index contributed by atoms with van der Waals surface area (Å²) in [5.74, 6) is -2.97. The number of ether oxygens (including phenoxy) is 1. The number of aliphatic carboxylic acids is 1. The van der Waals surface area contributed by atoms with Crippen molar-refractivity contribution in [1.82, 2.24) is 14.5 Å². The van der Waals surface area contributed by atoms with Crippen molar-refractivity contribution in [3.63, 3.8) is 0 Å². The van der Waals surface area contributed by atoms with Crippen LogP contribution < -0.4 is 16.6 Å². The number of aromatic nitrogens is 2. The maximum absolute atomic E-state index is 13.3. The van der Waals surface area contributed by atoms with Crippen molar-refractivity contribution < 1.29 is 24.5 Å². The molecule has 2 aliphatic rings. The Morgan fingerprint density at radius 3 is 2.17 bits per heavy atom. The molecule has 0 radical (unpaired) electrons. The van der Waals surface area contributed by atoms with Gasteiger partial charge in [0.15, 0.2) is 5.56 Å². The van der Waals surface area contributed by atoms with Crippen molar-refractivity contribution in [2.24, 2.45) is 0 Å². The van der Waals surface area contributed by atoms with Gasteiger partial charge in [0.2, 0.25) is 5.88 Å². The number of aromatic hydroxyl groups is 1. The van der Waals surface area contributed by atoms with Crippen molar-refractivity contribution in [3.8, 4) is 5.88 Å². The Hall–Kier alpha value is -2.62. The number of carboxylic acid groups (broad SMARTS) is 1. The van der Waals surface area contributed by atoms with Crippen molar-refractivity contribution >= 4 is 11.9 Å². The Bertz CT molecular complexity index is 906. The highest BCUT2D eigenvalue weighted by Gasteiger charge is 2.32. The molecule has 166 valence electrons. The van der Waals surface area contributed by atoms with Crippen LogP contribution >= 0.6 is 0 Å². The molecular formula is C20H29N3O7. The third-order valence-electron chi connectivity index (χ3n) is 6.21. The first-order valence-corrected chi connectivity index (χ1v) is 10.5. The van der Waals surface area contributed by atoms with E-state index < -0.39 is 41.1 Å². The summed E-state index contributed by atoms with van der Waals surface area (Å²) in [6, 6.07) is -0.711. The average molecular weight is 423 g/mol. The number of carbonyl (C=O) groups is 2. The number of nitrogens with one attached hydrogen (secondary N) is 1. The van der Waals surface area contributed by atoms with Crippen LogP contribution in [0.25, 0.3) is 0 Å². The lowest BCUT2D eigenvalue weighted by Gasteiger charge is -2.31. The third kappa shape index (κ3) is 4.43. The van der Waals surface area contributed by atoms with E-state index in [4.69, 9.17) is 9.84 Å². The number of carbonyl (C=O) groups excluding carboxylic acids is 1. The van der Waals surface area contributed by atoms with E-state index in [-0.39, 0.29) is 18.2 Å². The zero-order valence-electron chi connectivity index (χ0n) is 17.1. The molecule has 10 heteroatoms. The maximum atomic E-state index is 13.3. The summed E-state index contributed by atoms with van der Waals surface area (Å²) in [5, 5.41) is 21.8. The lowest BCUT2D eigenvalue weighted by atomic mass is 9.92. The predicted octanol–water partition coefficient (Wildman–Crippen LogP) is 1.17. The molecule has 0 atom stereocenters. The fourth-order valence-corrected chi connectivity index (χ4v) is 4.60. The van der Waals surface area contributed by atoms with Crippen LogP contribution in [0.5, 0.6) is 5.88 Å². The van der Waals surface area contributed by atoms with Gasteiger partial charge in [-0.1, -0.05) is 19.3 Å². The topological polar surface area (TPSA) is 140 Å². The Morgan fingerprint density at radius 2 is 1.60 bits per heavy atom. The van der Waals surface area contributed by atoms with Crippen LogP contribution in [0.3, 0.4) is 0 Å². The minimum absolute atomic E-state index is 0.0710. The van der Waals surface area contributed by atoms with Crippen molar-refractivity contribution in [1.29, 1.82) is 0 Å². The molecule has 30 heavy (non-hydrogen) atoms. The van der Waals surface area contributed by atoms with E-state index in [1.807, 2.05) is 0 Å². The molecule has 3 rings (SSSR count). The quantitative estimate of drug-likeness (QED) is 0.624.